The number of rotatable bonds is 5. The molecule has 0 radical (unpaired) electrons. The lowest BCUT2D eigenvalue weighted by Crippen LogP contribution is -2.37. The number of hydrogen-bond donors (Lipinski definition) is 4. The van der Waals surface area contributed by atoms with Gasteiger partial charge in [-0.1, -0.05) is 0 Å². The Morgan fingerprint density at radius 3 is 2.68 bits per heavy atom. The summed E-state index contributed by atoms with van der Waals surface area (Å²) in [5.74, 6) is -1.19. The van der Waals surface area contributed by atoms with Crippen LogP contribution in [0.4, 0.5) is 5.69 Å². The fraction of sp³-hybridized carbons (Fsp3) is 0.300. The number of phenolic OH excluding ortho intramolecular Hbond substituents is 1. The van der Waals surface area contributed by atoms with Crippen LogP contribution in [0.2, 0.25) is 0 Å². The molecule has 8 nitrogen and oxygen atoms in total. The van der Waals surface area contributed by atoms with Gasteiger partial charge in [-0.15, -0.1) is 0 Å². The maximum absolute atomic E-state index is 11.8. The SMILES string of the molecule is COC(=O)C(O)CNS(=O)(=O)c1ccc(O)c(N)c1. The number of carbonyl (C=O) groups excluding carboxylic acids is 1. The van der Waals surface area contributed by atoms with Gasteiger partial charge in [0.15, 0.2) is 6.10 Å². The highest BCUT2D eigenvalue weighted by Gasteiger charge is 2.21. The summed E-state index contributed by atoms with van der Waals surface area (Å²) in [7, 11) is -2.88. The van der Waals surface area contributed by atoms with Gasteiger partial charge in [0, 0.05) is 6.54 Å². The Labute approximate surface area is 109 Å². The van der Waals surface area contributed by atoms with Gasteiger partial charge in [0.05, 0.1) is 17.7 Å². The summed E-state index contributed by atoms with van der Waals surface area (Å²) in [6.45, 7) is -0.532. The van der Waals surface area contributed by atoms with E-state index in [1.165, 1.54) is 0 Å². The van der Waals surface area contributed by atoms with E-state index in [-0.39, 0.29) is 16.3 Å². The van der Waals surface area contributed by atoms with Crippen LogP contribution in [-0.2, 0) is 19.6 Å². The van der Waals surface area contributed by atoms with Crippen molar-refractivity contribution in [2.75, 3.05) is 19.4 Å². The summed E-state index contributed by atoms with van der Waals surface area (Å²) >= 11 is 0. The van der Waals surface area contributed by atoms with Crippen molar-refractivity contribution in [1.82, 2.24) is 4.72 Å². The van der Waals surface area contributed by atoms with Crippen molar-refractivity contribution in [1.29, 1.82) is 0 Å². The number of hydrogen-bond acceptors (Lipinski definition) is 7. The van der Waals surface area contributed by atoms with Crippen LogP contribution < -0.4 is 10.5 Å². The lowest BCUT2D eigenvalue weighted by Gasteiger charge is -2.11. The van der Waals surface area contributed by atoms with Crippen LogP contribution in [0.1, 0.15) is 0 Å². The number of phenols is 1. The number of nitrogen functional groups attached to an aromatic ring is 1. The number of aromatic hydroxyl groups is 1. The Bertz CT molecular complexity index is 571. The van der Waals surface area contributed by atoms with E-state index in [4.69, 9.17) is 5.73 Å². The van der Waals surface area contributed by atoms with Gasteiger partial charge < -0.3 is 20.7 Å². The second kappa shape index (κ2) is 5.87. The van der Waals surface area contributed by atoms with Crippen molar-refractivity contribution in [3.8, 4) is 5.75 Å². The van der Waals surface area contributed by atoms with Crippen LogP contribution in [0.3, 0.4) is 0 Å². The predicted molar refractivity (Wildman–Crippen MR) is 65.7 cm³/mol. The maximum atomic E-state index is 11.8. The molecule has 0 heterocycles. The van der Waals surface area contributed by atoms with Gasteiger partial charge in [-0.3, -0.25) is 0 Å². The van der Waals surface area contributed by atoms with E-state index in [0.717, 1.165) is 25.3 Å². The van der Waals surface area contributed by atoms with Crippen LogP contribution in [-0.4, -0.2) is 44.4 Å². The topological polar surface area (TPSA) is 139 Å². The Hall–Kier alpha value is -1.84. The zero-order valence-electron chi connectivity index (χ0n) is 10.0. The van der Waals surface area contributed by atoms with Gasteiger partial charge in [0.2, 0.25) is 10.0 Å². The molecule has 5 N–H and O–H groups in total. The number of aliphatic hydroxyl groups is 1. The normalized spacial score (nSPS) is 12.9. The Morgan fingerprint density at radius 2 is 2.16 bits per heavy atom. The van der Waals surface area contributed by atoms with E-state index in [1.807, 2.05) is 4.72 Å². The molecule has 1 aromatic carbocycles. The molecular weight excluding hydrogens is 276 g/mol. The summed E-state index contributed by atoms with van der Waals surface area (Å²) in [5, 5.41) is 18.5. The average molecular weight is 290 g/mol. The smallest absolute Gasteiger partial charge is 0.336 e. The van der Waals surface area contributed by atoms with E-state index in [0.29, 0.717) is 0 Å². The Balaban J connectivity index is 2.81. The first kappa shape index (κ1) is 15.2. The third-order valence-corrected chi connectivity index (χ3v) is 3.67. The first-order valence-electron chi connectivity index (χ1n) is 5.12. The molecule has 0 aromatic heterocycles. The van der Waals surface area contributed by atoms with E-state index < -0.39 is 28.6 Å². The number of methoxy groups -OCH3 is 1. The molecule has 1 rings (SSSR count). The molecule has 0 aliphatic carbocycles. The summed E-state index contributed by atoms with van der Waals surface area (Å²) in [4.78, 5) is 10.7. The molecule has 0 aliphatic heterocycles. The van der Waals surface area contributed by atoms with Crippen molar-refractivity contribution in [3.63, 3.8) is 0 Å². The standard InChI is InChI=1S/C10H14N2O6S/c1-18-10(15)9(14)5-12-19(16,17)6-2-3-8(13)7(11)4-6/h2-4,9,12-14H,5,11H2,1H3. The van der Waals surface area contributed by atoms with Gasteiger partial charge in [0.25, 0.3) is 0 Å². The highest BCUT2D eigenvalue weighted by atomic mass is 32.2. The van der Waals surface area contributed by atoms with Crippen molar-refractivity contribution >= 4 is 21.7 Å². The number of anilines is 1. The summed E-state index contributed by atoms with van der Waals surface area (Å²) in [6, 6.07) is 3.32. The van der Waals surface area contributed by atoms with E-state index in [9.17, 15) is 23.4 Å². The Morgan fingerprint density at radius 1 is 1.53 bits per heavy atom. The minimum atomic E-state index is -3.95. The van der Waals surface area contributed by atoms with E-state index >= 15 is 0 Å². The molecule has 0 bridgehead atoms. The fourth-order valence-electron chi connectivity index (χ4n) is 1.19. The molecule has 0 saturated carbocycles. The second-order valence-electron chi connectivity index (χ2n) is 3.61. The first-order chi connectivity index (χ1) is 8.77. The number of ether oxygens (including phenoxy) is 1. The average Bonchev–Trinajstić information content (AvgIpc) is 2.38. The molecule has 0 fully saturated rings. The van der Waals surface area contributed by atoms with Crippen LogP contribution >= 0.6 is 0 Å². The number of carbonyl (C=O) groups is 1. The number of benzene rings is 1. The summed E-state index contributed by atoms with van der Waals surface area (Å²) in [5.41, 5.74) is 5.28. The zero-order valence-corrected chi connectivity index (χ0v) is 10.8. The van der Waals surface area contributed by atoms with Gasteiger partial charge in [-0.25, -0.2) is 17.9 Å². The van der Waals surface area contributed by atoms with Crippen LogP contribution in [0, 0.1) is 0 Å². The van der Waals surface area contributed by atoms with Gasteiger partial charge >= 0.3 is 5.97 Å². The number of nitrogens with two attached hydrogens (primary N) is 1. The lowest BCUT2D eigenvalue weighted by atomic mass is 10.3. The zero-order chi connectivity index (χ0) is 14.6. The third-order valence-electron chi connectivity index (χ3n) is 2.25. The quantitative estimate of drug-likeness (QED) is 0.303. The molecule has 19 heavy (non-hydrogen) atoms. The van der Waals surface area contributed by atoms with E-state index in [2.05, 4.69) is 4.74 Å². The monoisotopic (exact) mass is 290 g/mol. The van der Waals surface area contributed by atoms with Crippen molar-refractivity contribution in [2.24, 2.45) is 0 Å². The molecule has 1 unspecified atom stereocenters. The van der Waals surface area contributed by atoms with Crippen LogP contribution in [0.25, 0.3) is 0 Å². The Kier molecular flexibility index (Phi) is 4.70. The predicted octanol–water partition coefficient (Wildman–Crippen LogP) is -1.21. The van der Waals surface area contributed by atoms with Crippen molar-refractivity contribution < 1.29 is 28.2 Å². The molecule has 0 saturated heterocycles. The number of nitrogens with one attached hydrogen (secondary N) is 1. The molecule has 0 amide bonds. The highest BCUT2D eigenvalue weighted by Crippen LogP contribution is 2.22. The van der Waals surface area contributed by atoms with Crippen molar-refractivity contribution in [3.05, 3.63) is 18.2 Å². The molecular formula is C10H14N2O6S. The summed E-state index contributed by atoms with van der Waals surface area (Å²) in [6.07, 6.45) is -1.60. The van der Waals surface area contributed by atoms with Crippen molar-refractivity contribution in [2.45, 2.75) is 11.0 Å². The minimum absolute atomic E-state index is 0.101. The highest BCUT2D eigenvalue weighted by molar-refractivity contribution is 7.89. The third kappa shape index (κ3) is 3.81. The van der Waals surface area contributed by atoms with Crippen LogP contribution in [0.15, 0.2) is 23.1 Å². The molecule has 9 heteroatoms. The maximum Gasteiger partial charge on any atom is 0.336 e. The molecule has 0 aliphatic rings. The lowest BCUT2D eigenvalue weighted by molar-refractivity contribution is -0.149. The largest absolute Gasteiger partial charge is 0.506 e. The number of aliphatic hydroxyl groups excluding tert-OH is 1. The van der Waals surface area contributed by atoms with Gasteiger partial charge in [-0.2, -0.15) is 0 Å². The molecule has 0 spiro atoms. The van der Waals surface area contributed by atoms with Gasteiger partial charge in [0.1, 0.15) is 5.75 Å². The molecule has 1 atom stereocenters. The summed E-state index contributed by atoms with van der Waals surface area (Å²) < 4.78 is 29.9. The molecule has 106 valence electrons. The molecule has 1 aromatic rings. The number of sulfonamides is 1. The first-order valence-corrected chi connectivity index (χ1v) is 6.60. The van der Waals surface area contributed by atoms with E-state index in [1.54, 1.807) is 0 Å². The van der Waals surface area contributed by atoms with Crippen LogP contribution in [0.5, 0.6) is 5.75 Å². The fourth-order valence-corrected chi connectivity index (χ4v) is 2.26. The van der Waals surface area contributed by atoms with Gasteiger partial charge in [-0.05, 0) is 18.2 Å². The number of esters is 1. The minimum Gasteiger partial charge on any atom is -0.506 e. The second-order valence-corrected chi connectivity index (χ2v) is 5.38.